The molecule has 1 aromatic heterocycles. The molecule has 0 spiro atoms. The Morgan fingerprint density at radius 2 is 2.00 bits per heavy atom. The predicted molar refractivity (Wildman–Crippen MR) is 71.3 cm³/mol. The Balaban J connectivity index is 1.90. The minimum atomic E-state index is 0.185. The minimum absolute atomic E-state index is 0.185. The van der Waals surface area contributed by atoms with Crippen LogP contribution < -0.4 is 10.5 Å². The number of rotatable bonds is 5. The van der Waals surface area contributed by atoms with Gasteiger partial charge in [-0.2, -0.15) is 5.10 Å². The molecule has 0 bridgehead atoms. The van der Waals surface area contributed by atoms with Crippen molar-refractivity contribution in [1.29, 1.82) is 0 Å². The molecule has 2 N–H and O–H groups in total. The molecule has 0 amide bonds. The van der Waals surface area contributed by atoms with Gasteiger partial charge in [0.15, 0.2) is 0 Å². The van der Waals surface area contributed by atoms with Gasteiger partial charge in [-0.1, -0.05) is 12.1 Å². The van der Waals surface area contributed by atoms with Gasteiger partial charge >= 0.3 is 0 Å². The maximum atomic E-state index is 5.76. The summed E-state index contributed by atoms with van der Waals surface area (Å²) in [5, 5.41) is 4.26. The van der Waals surface area contributed by atoms with Crippen molar-refractivity contribution in [2.75, 3.05) is 0 Å². The van der Waals surface area contributed by atoms with E-state index in [-0.39, 0.29) is 6.04 Å². The third-order valence-electron chi connectivity index (χ3n) is 2.64. The molecule has 1 heterocycles. The summed E-state index contributed by atoms with van der Waals surface area (Å²) in [6, 6.07) is 10.2. The van der Waals surface area contributed by atoms with Crippen molar-refractivity contribution < 1.29 is 4.74 Å². The van der Waals surface area contributed by atoms with E-state index in [2.05, 4.69) is 17.2 Å². The van der Waals surface area contributed by atoms with Gasteiger partial charge in [0.25, 0.3) is 0 Å². The van der Waals surface area contributed by atoms with Crippen LogP contribution >= 0.6 is 0 Å². The Morgan fingerprint density at radius 3 is 2.56 bits per heavy atom. The molecule has 1 aromatic carbocycles. The Labute approximate surface area is 107 Å². The van der Waals surface area contributed by atoms with Crippen LogP contribution in [0.5, 0.6) is 5.75 Å². The fourth-order valence-electron chi connectivity index (χ4n) is 1.79. The zero-order valence-electron chi connectivity index (χ0n) is 10.8. The van der Waals surface area contributed by atoms with E-state index >= 15 is 0 Å². The molecule has 0 aliphatic heterocycles. The van der Waals surface area contributed by atoms with Crippen LogP contribution in [0, 0.1) is 0 Å². The van der Waals surface area contributed by atoms with Crippen LogP contribution in [0.3, 0.4) is 0 Å². The van der Waals surface area contributed by atoms with Crippen molar-refractivity contribution in [3.05, 3.63) is 47.8 Å². The lowest BCUT2D eigenvalue weighted by molar-refractivity contribution is 0.300. The number of nitrogens with two attached hydrogens (primary N) is 1. The van der Waals surface area contributed by atoms with Crippen molar-refractivity contribution in [3.63, 3.8) is 0 Å². The molecular weight excluding hydrogens is 226 g/mol. The first-order valence-electron chi connectivity index (χ1n) is 6.09. The molecule has 1 unspecified atom stereocenters. The van der Waals surface area contributed by atoms with E-state index in [1.165, 1.54) is 5.56 Å². The van der Waals surface area contributed by atoms with Gasteiger partial charge in [-0.25, -0.2) is 0 Å². The lowest BCUT2D eigenvalue weighted by atomic mass is 10.1. The van der Waals surface area contributed by atoms with Gasteiger partial charge in [0, 0.05) is 19.3 Å². The molecule has 96 valence electrons. The molecular formula is C14H19N3O. The van der Waals surface area contributed by atoms with Crippen molar-refractivity contribution in [3.8, 4) is 5.75 Å². The fourth-order valence-corrected chi connectivity index (χ4v) is 1.79. The second kappa shape index (κ2) is 5.69. The van der Waals surface area contributed by atoms with E-state index in [0.717, 1.165) is 17.9 Å². The number of aromatic nitrogens is 2. The van der Waals surface area contributed by atoms with Gasteiger partial charge in [0.2, 0.25) is 0 Å². The molecule has 4 heteroatoms. The Hall–Kier alpha value is -1.81. The summed E-state index contributed by atoms with van der Waals surface area (Å²) < 4.78 is 7.43. The molecule has 0 aliphatic carbocycles. The van der Waals surface area contributed by atoms with Crippen molar-refractivity contribution in [1.82, 2.24) is 9.78 Å². The predicted octanol–water partition coefficient (Wildman–Crippen LogP) is 1.89. The lowest BCUT2D eigenvalue weighted by Crippen LogP contribution is -2.17. The molecule has 0 saturated heterocycles. The first-order chi connectivity index (χ1) is 8.63. The monoisotopic (exact) mass is 245 g/mol. The SMILES string of the molecule is CC(N)Cc1ccc(OCc2ccn(C)n2)cc1. The van der Waals surface area contributed by atoms with Gasteiger partial charge in [-0.15, -0.1) is 0 Å². The Kier molecular flexibility index (Phi) is 3.99. The van der Waals surface area contributed by atoms with Crippen LogP contribution in [0.4, 0.5) is 0 Å². The molecule has 1 atom stereocenters. The second-order valence-corrected chi connectivity index (χ2v) is 4.59. The van der Waals surface area contributed by atoms with Crippen LogP contribution in [0.25, 0.3) is 0 Å². The third-order valence-corrected chi connectivity index (χ3v) is 2.64. The maximum Gasteiger partial charge on any atom is 0.132 e. The minimum Gasteiger partial charge on any atom is -0.487 e. The summed E-state index contributed by atoms with van der Waals surface area (Å²) in [5.41, 5.74) is 7.92. The number of nitrogens with zero attached hydrogens (tertiary/aromatic N) is 2. The Bertz CT molecular complexity index is 488. The average molecular weight is 245 g/mol. The maximum absolute atomic E-state index is 5.76. The zero-order valence-corrected chi connectivity index (χ0v) is 10.8. The van der Waals surface area contributed by atoms with Crippen molar-refractivity contribution in [2.24, 2.45) is 12.8 Å². The van der Waals surface area contributed by atoms with Crippen molar-refractivity contribution in [2.45, 2.75) is 26.0 Å². The second-order valence-electron chi connectivity index (χ2n) is 4.59. The van der Waals surface area contributed by atoms with E-state index < -0.39 is 0 Å². The average Bonchev–Trinajstić information content (AvgIpc) is 2.74. The van der Waals surface area contributed by atoms with E-state index in [1.54, 1.807) is 4.68 Å². The summed E-state index contributed by atoms with van der Waals surface area (Å²) in [7, 11) is 1.90. The van der Waals surface area contributed by atoms with Gasteiger partial charge in [-0.05, 0) is 37.1 Å². The van der Waals surface area contributed by atoms with E-state index in [4.69, 9.17) is 10.5 Å². The zero-order chi connectivity index (χ0) is 13.0. The first kappa shape index (κ1) is 12.6. The largest absolute Gasteiger partial charge is 0.487 e. The smallest absolute Gasteiger partial charge is 0.132 e. The number of benzene rings is 1. The van der Waals surface area contributed by atoms with Gasteiger partial charge in [0.05, 0.1) is 5.69 Å². The third kappa shape index (κ3) is 3.60. The van der Waals surface area contributed by atoms with Crippen LogP contribution in [-0.4, -0.2) is 15.8 Å². The molecule has 0 aliphatic rings. The lowest BCUT2D eigenvalue weighted by Gasteiger charge is -2.07. The first-order valence-corrected chi connectivity index (χ1v) is 6.09. The van der Waals surface area contributed by atoms with Crippen LogP contribution in [0.15, 0.2) is 36.5 Å². The summed E-state index contributed by atoms with van der Waals surface area (Å²) in [6.07, 6.45) is 2.80. The molecule has 18 heavy (non-hydrogen) atoms. The van der Waals surface area contributed by atoms with E-state index in [9.17, 15) is 0 Å². The fraction of sp³-hybridized carbons (Fsp3) is 0.357. The highest BCUT2D eigenvalue weighted by Gasteiger charge is 2.01. The normalized spacial score (nSPS) is 12.4. The summed E-state index contributed by atoms with van der Waals surface area (Å²) >= 11 is 0. The Morgan fingerprint density at radius 1 is 1.28 bits per heavy atom. The number of aryl methyl sites for hydroxylation is 1. The van der Waals surface area contributed by atoms with Crippen LogP contribution in [0.2, 0.25) is 0 Å². The number of hydrogen-bond acceptors (Lipinski definition) is 3. The number of ether oxygens (including phenoxy) is 1. The van der Waals surface area contributed by atoms with Gasteiger partial charge in [0.1, 0.15) is 12.4 Å². The highest BCUT2D eigenvalue weighted by molar-refractivity contribution is 5.27. The number of hydrogen-bond donors (Lipinski definition) is 1. The van der Waals surface area contributed by atoms with Crippen molar-refractivity contribution >= 4 is 0 Å². The van der Waals surface area contributed by atoms with E-state index in [0.29, 0.717) is 6.61 Å². The standard InChI is InChI=1S/C14H19N3O/c1-11(15)9-12-3-5-14(6-4-12)18-10-13-7-8-17(2)16-13/h3-8,11H,9-10,15H2,1-2H3. The van der Waals surface area contributed by atoms with Crippen LogP contribution in [0.1, 0.15) is 18.2 Å². The molecule has 0 fully saturated rings. The molecule has 2 rings (SSSR count). The highest BCUT2D eigenvalue weighted by atomic mass is 16.5. The molecule has 4 nitrogen and oxygen atoms in total. The van der Waals surface area contributed by atoms with Gasteiger partial charge in [-0.3, -0.25) is 4.68 Å². The summed E-state index contributed by atoms with van der Waals surface area (Å²) in [5.74, 6) is 0.856. The highest BCUT2D eigenvalue weighted by Crippen LogP contribution is 2.14. The molecule has 2 aromatic rings. The summed E-state index contributed by atoms with van der Waals surface area (Å²) in [6.45, 7) is 2.50. The van der Waals surface area contributed by atoms with Crippen LogP contribution in [-0.2, 0) is 20.1 Å². The molecule has 0 saturated carbocycles. The quantitative estimate of drug-likeness (QED) is 0.875. The van der Waals surface area contributed by atoms with E-state index in [1.807, 2.05) is 38.4 Å². The summed E-state index contributed by atoms with van der Waals surface area (Å²) in [4.78, 5) is 0. The topological polar surface area (TPSA) is 53.1 Å². The van der Waals surface area contributed by atoms with Gasteiger partial charge < -0.3 is 10.5 Å². The molecule has 0 radical (unpaired) electrons.